The molecule has 1 unspecified atom stereocenters. The zero-order valence-corrected chi connectivity index (χ0v) is 13.9. The molecule has 5 heteroatoms. The average molecular weight is 342 g/mol. The van der Waals surface area contributed by atoms with E-state index in [4.69, 9.17) is 4.74 Å². The number of hydrogen-bond acceptors (Lipinski definition) is 4. The largest absolute Gasteiger partial charge is 0.427 e. The highest BCUT2D eigenvalue weighted by Crippen LogP contribution is 2.24. The summed E-state index contributed by atoms with van der Waals surface area (Å²) >= 11 is 0. The topological polar surface area (TPSA) is 60.4 Å². The number of carbonyl (C=O) groups excluding carboxylic acids is 1. The number of esters is 1. The maximum Gasteiger partial charge on any atom is 0.311 e. The van der Waals surface area contributed by atoms with Gasteiger partial charge in [-0.05, 0) is 55.2 Å². The van der Waals surface area contributed by atoms with E-state index < -0.39 is 9.84 Å². The number of rotatable bonds is 5. The summed E-state index contributed by atoms with van der Waals surface area (Å²) in [6.45, 7) is 0. The zero-order chi connectivity index (χ0) is 17.0. The molecule has 0 aliphatic heterocycles. The minimum atomic E-state index is -3.55. The van der Waals surface area contributed by atoms with Crippen molar-refractivity contribution >= 4 is 15.8 Å². The van der Waals surface area contributed by atoms with Gasteiger partial charge in [-0.2, -0.15) is 0 Å². The fourth-order valence-electron chi connectivity index (χ4n) is 2.68. The molecule has 1 atom stereocenters. The number of ether oxygens (including phenoxy) is 1. The van der Waals surface area contributed by atoms with Gasteiger partial charge in [-0.1, -0.05) is 30.4 Å². The van der Waals surface area contributed by atoms with E-state index in [1.165, 1.54) is 24.3 Å². The predicted molar refractivity (Wildman–Crippen MR) is 90.5 cm³/mol. The van der Waals surface area contributed by atoms with Gasteiger partial charge in [0.25, 0.3) is 0 Å². The molecule has 24 heavy (non-hydrogen) atoms. The lowest BCUT2D eigenvalue weighted by molar-refractivity contribution is -0.135. The average Bonchev–Trinajstić information content (AvgIpc) is 3.09. The molecule has 2 aromatic carbocycles. The lowest BCUT2D eigenvalue weighted by Gasteiger charge is -2.09. The fraction of sp³-hybridized carbons (Fsp3) is 0.211. The van der Waals surface area contributed by atoms with Gasteiger partial charge >= 0.3 is 5.97 Å². The standard InChI is InChI=1S/C19H18O4S/c20-19(14-15-6-4-5-7-15)23-16-10-12-18(13-11-16)24(21,22)17-8-2-1-3-9-17/h1-4,6,8-13,15H,5,7,14H2. The Bertz CT molecular complexity index is 837. The molecule has 0 N–H and O–H groups in total. The molecule has 1 aliphatic rings. The summed E-state index contributed by atoms with van der Waals surface area (Å²) < 4.78 is 30.2. The Labute approximate surface area is 141 Å². The summed E-state index contributed by atoms with van der Waals surface area (Å²) in [7, 11) is -3.55. The van der Waals surface area contributed by atoms with E-state index >= 15 is 0 Å². The molecule has 124 valence electrons. The van der Waals surface area contributed by atoms with Crippen LogP contribution in [0.5, 0.6) is 5.75 Å². The van der Waals surface area contributed by atoms with Crippen LogP contribution in [0.25, 0.3) is 0 Å². The van der Waals surface area contributed by atoms with E-state index in [0.717, 1.165) is 12.8 Å². The molecule has 0 amide bonds. The Hall–Kier alpha value is -2.40. The highest BCUT2D eigenvalue weighted by molar-refractivity contribution is 7.91. The van der Waals surface area contributed by atoms with Crippen molar-refractivity contribution in [2.75, 3.05) is 0 Å². The van der Waals surface area contributed by atoms with Gasteiger partial charge < -0.3 is 4.74 Å². The van der Waals surface area contributed by atoms with Crippen LogP contribution < -0.4 is 4.74 Å². The summed E-state index contributed by atoms with van der Waals surface area (Å²) in [5, 5.41) is 0. The molecule has 0 heterocycles. The molecule has 2 aromatic rings. The van der Waals surface area contributed by atoms with E-state index in [1.807, 2.05) is 6.08 Å². The molecular formula is C19H18O4S. The van der Waals surface area contributed by atoms with Crippen molar-refractivity contribution in [2.24, 2.45) is 5.92 Å². The summed E-state index contributed by atoms with van der Waals surface area (Å²) in [5.74, 6) is 0.300. The van der Waals surface area contributed by atoms with E-state index in [9.17, 15) is 13.2 Å². The van der Waals surface area contributed by atoms with Gasteiger partial charge in [-0.3, -0.25) is 4.79 Å². The minimum absolute atomic E-state index is 0.173. The van der Waals surface area contributed by atoms with E-state index in [0.29, 0.717) is 12.2 Å². The van der Waals surface area contributed by atoms with Gasteiger partial charge in [-0.15, -0.1) is 0 Å². The molecular weight excluding hydrogens is 324 g/mol. The van der Waals surface area contributed by atoms with Gasteiger partial charge in [0.05, 0.1) is 16.2 Å². The number of carbonyl (C=O) groups is 1. The first-order valence-electron chi connectivity index (χ1n) is 7.83. The smallest absolute Gasteiger partial charge is 0.311 e. The minimum Gasteiger partial charge on any atom is -0.427 e. The second-order valence-corrected chi connectivity index (χ2v) is 7.68. The maximum atomic E-state index is 12.5. The molecule has 0 saturated heterocycles. The molecule has 0 saturated carbocycles. The van der Waals surface area contributed by atoms with Gasteiger partial charge in [0.1, 0.15) is 5.75 Å². The Balaban J connectivity index is 1.69. The van der Waals surface area contributed by atoms with Gasteiger partial charge in [0.15, 0.2) is 0 Å². The first kappa shape index (κ1) is 16.5. The van der Waals surface area contributed by atoms with Crippen molar-refractivity contribution in [3.05, 3.63) is 66.7 Å². The van der Waals surface area contributed by atoms with Crippen LogP contribution in [0.15, 0.2) is 76.5 Å². The predicted octanol–water partition coefficient (Wildman–Crippen LogP) is 3.78. The van der Waals surface area contributed by atoms with Crippen LogP contribution >= 0.6 is 0 Å². The molecule has 0 spiro atoms. The van der Waals surface area contributed by atoms with Crippen LogP contribution in [-0.2, 0) is 14.6 Å². The van der Waals surface area contributed by atoms with Crippen molar-refractivity contribution in [3.63, 3.8) is 0 Å². The molecule has 3 rings (SSSR count). The Morgan fingerprint density at radius 2 is 1.67 bits per heavy atom. The van der Waals surface area contributed by atoms with Crippen LogP contribution in [-0.4, -0.2) is 14.4 Å². The first-order chi connectivity index (χ1) is 11.6. The van der Waals surface area contributed by atoms with Crippen molar-refractivity contribution in [2.45, 2.75) is 29.1 Å². The van der Waals surface area contributed by atoms with E-state index in [1.54, 1.807) is 30.3 Å². The molecule has 0 aromatic heterocycles. The molecule has 0 radical (unpaired) electrons. The summed E-state index contributed by atoms with van der Waals surface area (Å²) in [4.78, 5) is 12.3. The normalized spacial score (nSPS) is 16.9. The highest BCUT2D eigenvalue weighted by Gasteiger charge is 2.18. The highest BCUT2D eigenvalue weighted by atomic mass is 32.2. The molecule has 0 bridgehead atoms. The quantitative estimate of drug-likeness (QED) is 0.471. The summed E-state index contributed by atoms with van der Waals surface area (Å²) in [6.07, 6.45) is 6.44. The van der Waals surface area contributed by atoms with Crippen LogP contribution in [0.2, 0.25) is 0 Å². The molecule has 1 aliphatic carbocycles. The second-order valence-electron chi connectivity index (χ2n) is 5.73. The van der Waals surface area contributed by atoms with Gasteiger partial charge in [-0.25, -0.2) is 8.42 Å². The lowest BCUT2D eigenvalue weighted by atomic mass is 10.1. The lowest BCUT2D eigenvalue weighted by Crippen LogP contribution is -2.12. The van der Waals surface area contributed by atoms with Crippen LogP contribution in [0.4, 0.5) is 0 Å². The molecule has 0 fully saturated rings. The summed E-state index contributed by atoms with van der Waals surface area (Å²) in [6, 6.07) is 14.2. The van der Waals surface area contributed by atoms with Crippen molar-refractivity contribution in [3.8, 4) is 5.75 Å². The van der Waals surface area contributed by atoms with Crippen molar-refractivity contribution in [1.82, 2.24) is 0 Å². The first-order valence-corrected chi connectivity index (χ1v) is 9.31. The Morgan fingerprint density at radius 3 is 2.29 bits per heavy atom. The third-order valence-electron chi connectivity index (χ3n) is 3.96. The number of hydrogen-bond donors (Lipinski definition) is 0. The van der Waals surface area contributed by atoms with Crippen LogP contribution in [0, 0.1) is 5.92 Å². The maximum absolute atomic E-state index is 12.5. The third kappa shape index (κ3) is 3.74. The monoisotopic (exact) mass is 342 g/mol. The number of benzene rings is 2. The zero-order valence-electron chi connectivity index (χ0n) is 13.1. The Kier molecular flexibility index (Phi) is 4.81. The molecule has 4 nitrogen and oxygen atoms in total. The van der Waals surface area contributed by atoms with Crippen molar-refractivity contribution < 1.29 is 17.9 Å². The summed E-state index contributed by atoms with van der Waals surface area (Å²) in [5.41, 5.74) is 0. The van der Waals surface area contributed by atoms with E-state index in [-0.39, 0.29) is 21.7 Å². The third-order valence-corrected chi connectivity index (χ3v) is 5.75. The van der Waals surface area contributed by atoms with E-state index in [2.05, 4.69) is 6.08 Å². The SMILES string of the molecule is O=C(CC1C=CCC1)Oc1ccc(S(=O)(=O)c2ccccc2)cc1. The van der Waals surface area contributed by atoms with Crippen LogP contribution in [0.1, 0.15) is 19.3 Å². The fourth-order valence-corrected chi connectivity index (χ4v) is 3.96. The van der Waals surface area contributed by atoms with Crippen molar-refractivity contribution in [1.29, 1.82) is 0 Å². The number of allylic oxidation sites excluding steroid dienone is 2. The Morgan fingerprint density at radius 1 is 1.00 bits per heavy atom. The second kappa shape index (κ2) is 7.01. The number of sulfone groups is 1. The van der Waals surface area contributed by atoms with Crippen LogP contribution in [0.3, 0.4) is 0 Å². The van der Waals surface area contributed by atoms with Gasteiger partial charge in [0, 0.05) is 0 Å². The van der Waals surface area contributed by atoms with Gasteiger partial charge in [0.2, 0.25) is 9.84 Å².